The van der Waals surface area contributed by atoms with Crippen LogP contribution in [0.3, 0.4) is 0 Å². The van der Waals surface area contributed by atoms with Gasteiger partial charge >= 0.3 is 0 Å². The molecule has 0 saturated heterocycles. The van der Waals surface area contributed by atoms with Gasteiger partial charge in [0.25, 0.3) is 0 Å². The number of hydrogen-bond donors (Lipinski definition) is 2. The number of amides is 2. The molecule has 0 radical (unpaired) electrons. The molecule has 2 rings (SSSR count). The largest absolute Gasteiger partial charge is 0.396 e. The molecule has 2 amide bonds. The van der Waals surface area contributed by atoms with Crippen molar-refractivity contribution in [1.82, 2.24) is 5.32 Å². The summed E-state index contributed by atoms with van der Waals surface area (Å²) in [6, 6.07) is 7.10. The van der Waals surface area contributed by atoms with Crippen molar-refractivity contribution in [3.63, 3.8) is 0 Å². The third-order valence-corrected chi connectivity index (χ3v) is 4.49. The van der Waals surface area contributed by atoms with Crippen molar-refractivity contribution < 1.29 is 14.7 Å². The second kappa shape index (κ2) is 6.48. The number of anilines is 1. The zero-order valence-corrected chi connectivity index (χ0v) is 13.4. The van der Waals surface area contributed by atoms with Crippen LogP contribution in [-0.2, 0) is 16.0 Å². The van der Waals surface area contributed by atoms with Gasteiger partial charge in [0, 0.05) is 31.2 Å². The second-order valence-corrected chi connectivity index (χ2v) is 6.11. The van der Waals surface area contributed by atoms with Gasteiger partial charge in [-0.05, 0) is 31.4 Å². The molecule has 0 spiro atoms. The number of aliphatic hydroxyl groups excluding tert-OH is 1. The molecule has 0 saturated carbocycles. The van der Waals surface area contributed by atoms with Crippen LogP contribution in [0.4, 0.5) is 5.69 Å². The fourth-order valence-corrected chi connectivity index (χ4v) is 2.94. The first kappa shape index (κ1) is 16.5. The molecule has 120 valence electrons. The highest BCUT2D eigenvalue weighted by Gasteiger charge is 2.38. The minimum Gasteiger partial charge on any atom is -0.396 e. The standard InChI is InChI=1S/C17H24N2O3/c1-4-17(3,9-10-20)18-16(22)15-11-13-7-5-6-8-14(13)19(15)12(2)21/h5-8,15,20H,4,9-11H2,1-3H3,(H,18,22)/t15-,17?/m0/s1. The van der Waals surface area contributed by atoms with E-state index in [2.05, 4.69) is 5.32 Å². The minimum atomic E-state index is -0.514. The lowest BCUT2D eigenvalue weighted by atomic mass is 9.94. The van der Waals surface area contributed by atoms with Crippen LogP contribution in [0.1, 0.15) is 39.2 Å². The zero-order chi connectivity index (χ0) is 16.3. The summed E-state index contributed by atoms with van der Waals surface area (Å²) in [7, 11) is 0. The molecule has 5 nitrogen and oxygen atoms in total. The lowest BCUT2D eigenvalue weighted by Gasteiger charge is -2.32. The molecule has 5 heteroatoms. The number of carbonyl (C=O) groups excluding carboxylic acids is 2. The van der Waals surface area contributed by atoms with Crippen molar-refractivity contribution in [2.45, 2.75) is 51.6 Å². The summed E-state index contributed by atoms with van der Waals surface area (Å²) in [5.74, 6) is -0.297. The quantitative estimate of drug-likeness (QED) is 0.868. The van der Waals surface area contributed by atoms with Crippen LogP contribution in [0.5, 0.6) is 0 Å². The van der Waals surface area contributed by atoms with Crippen LogP contribution < -0.4 is 10.2 Å². The Morgan fingerprint density at radius 1 is 1.41 bits per heavy atom. The molecular weight excluding hydrogens is 280 g/mol. The zero-order valence-electron chi connectivity index (χ0n) is 13.4. The molecular formula is C17H24N2O3. The van der Waals surface area contributed by atoms with E-state index < -0.39 is 11.6 Å². The first-order chi connectivity index (χ1) is 10.4. The molecule has 0 bridgehead atoms. The first-order valence-electron chi connectivity index (χ1n) is 7.72. The molecule has 22 heavy (non-hydrogen) atoms. The SMILES string of the molecule is CCC(C)(CCO)NC(=O)[C@@H]1Cc2ccccc2N1C(C)=O. The second-order valence-electron chi connectivity index (χ2n) is 6.11. The average Bonchev–Trinajstić information content (AvgIpc) is 2.87. The number of benzene rings is 1. The van der Waals surface area contributed by atoms with Crippen molar-refractivity contribution >= 4 is 17.5 Å². The number of fused-ring (bicyclic) bond motifs is 1. The number of rotatable bonds is 5. The fourth-order valence-electron chi connectivity index (χ4n) is 2.94. The van der Waals surface area contributed by atoms with Crippen molar-refractivity contribution in [1.29, 1.82) is 0 Å². The van der Waals surface area contributed by atoms with Crippen LogP contribution in [0.2, 0.25) is 0 Å². The van der Waals surface area contributed by atoms with E-state index in [-0.39, 0.29) is 18.4 Å². The Hall–Kier alpha value is -1.88. The molecule has 0 fully saturated rings. The predicted molar refractivity (Wildman–Crippen MR) is 85.6 cm³/mol. The highest BCUT2D eigenvalue weighted by atomic mass is 16.3. The summed E-state index contributed by atoms with van der Waals surface area (Å²) in [5.41, 5.74) is 1.37. The molecule has 1 unspecified atom stereocenters. The van der Waals surface area contributed by atoms with Crippen molar-refractivity contribution in [2.24, 2.45) is 0 Å². The highest BCUT2D eigenvalue weighted by Crippen LogP contribution is 2.32. The lowest BCUT2D eigenvalue weighted by molar-refractivity contribution is -0.127. The van der Waals surface area contributed by atoms with Gasteiger partial charge in [-0.15, -0.1) is 0 Å². The van der Waals surface area contributed by atoms with Gasteiger partial charge in [0.2, 0.25) is 11.8 Å². The van der Waals surface area contributed by atoms with E-state index >= 15 is 0 Å². The summed E-state index contributed by atoms with van der Waals surface area (Å²) < 4.78 is 0. The maximum Gasteiger partial charge on any atom is 0.243 e. The van der Waals surface area contributed by atoms with Crippen LogP contribution in [-0.4, -0.2) is 35.1 Å². The predicted octanol–water partition coefficient (Wildman–Crippen LogP) is 1.63. The number of nitrogens with zero attached hydrogens (tertiary/aromatic N) is 1. The Labute approximate surface area is 131 Å². The summed E-state index contributed by atoms with van der Waals surface area (Å²) in [4.78, 5) is 26.3. The van der Waals surface area contributed by atoms with E-state index in [1.165, 1.54) is 6.92 Å². The van der Waals surface area contributed by atoms with Crippen molar-refractivity contribution in [3.05, 3.63) is 29.8 Å². The third kappa shape index (κ3) is 3.14. The molecule has 1 aliphatic rings. The van der Waals surface area contributed by atoms with E-state index in [0.29, 0.717) is 12.8 Å². The number of para-hydroxylation sites is 1. The molecule has 1 aromatic carbocycles. The molecule has 1 heterocycles. The molecule has 2 N–H and O–H groups in total. The monoisotopic (exact) mass is 304 g/mol. The van der Waals surface area contributed by atoms with Gasteiger partial charge in [0.15, 0.2) is 0 Å². The number of carbonyl (C=O) groups is 2. The van der Waals surface area contributed by atoms with E-state index in [1.54, 1.807) is 4.90 Å². The maximum atomic E-state index is 12.7. The topological polar surface area (TPSA) is 69.6 Å². The normalized spacial score (nSPS) is 19.5. The Bertz CT molecular complexity index is 573. The average molecular weight is 304 g/mol. The molecule has 1 aliphatic heterocycles. The molecule has 2 atom stereocenters. The van der Waals surface area contributed by atoms with Crippen molar-refractivity contribution in [3.8, 4) is 0 Å². The van der Waals surface area contributed by atoms with E-state index in [4.69, 9.17) is 0 Å². The smallest absolute Gasteiger partial charge is 0.243 e. The van der Waals surface area contributed by atoms with Crippen LogP contribution >= 0.6 is 0 Å². The Morgan fingerprint density at radius 2 is 2.09 bits per heavy atom. The summed E-state index contributed by atoms with van der Waals surface area (Å²) in [6.45, 7) is 5.39. The Balaban J connectivity index is 2.22. The number of hydrogen-bond acceptors (Lipinski definition) is 3. The number of nitrogens with one attached hydrogen (secondary N) is 1. The van der Waals surface area contributed by atoms with Gasteiger partial charge in [-0.2, -0.15) is 0 Å². The molecule has 1 aromatic rings. The van der Waals surface area contributed by atoms with Gasteiger partial charge < -0.3 is 10.4 Å². The summed E-state index contributed by atoms with van der Waals surface area (Å²) in [5, 5.41) is 12.2. The van der Waals surface area contributed by atoms with E-state index in [0.717, 1.165) is 17.7 Å². The van der Waals surface area contributed by atoms with Gasteiger partial charge in [-0.1, -0.05) is 25.1 Å². The van der Waals surface area contributed by atoms with Crippen LogP contribution in [0.15, 0.2) is 24.3 Å². The summed E-state index contributed by atoms with van der Waals surface area (Å²) >= 11 is 0. The Morgan fingerprint density at radius 3 is 2.68 bits per heavy atom. The van der Waals surface area contributed by atoms with Gasteiger partial charge in [0.05, 0.1) is 0 Å². The molecule has 0 aliphatic carbocycles. The van der Waals surface area contributed by atoms with E-state index in [1.807, 2.05) is 38.1 Å². The maximum absolute atomic E-state index is 12.7. The number of aliphatic hydroxyl groups is 1. The van der Waals surface area contributed by atoms with Crippen LogP contribution in [0, 0.1) is 0 Å². The fraction of sp³-hybridized carbons (Fsp3) is 0.529. The van der Waals surface area contributed by atoms with Gasteiger partial charge in [-0.25, -0.2) is 0 Å². The minimum absolute atomic E-state index is 0.0198. The first-order valence-corrected chi connectivity index (χ1v) is 7.72. The van der Waals surface area contributed by atoms with Gasteiger partial charge in [-0.3, -0.25) is 14.5 Å². The third-order valence-electron chi connectivity index (χ3n) is 4.49. The van der Waals surface area contributed by atoms with Crippen molar-refractivity contribution in [2.75, 3.05) is 11.5 Å². The van der Waals surface area contributed by atoms with E-state index in [9.17, 15) is 14.7 Å². The van der Waals surface area contributed by atoms with Gasteiger partial charge in [0.1, 0.15) is 6.04 Å². The highest BCUT2D eigenvalue weighted by molar-refractivity contribution is 6.02. The Kier molecular flexibility index (Phi) is 4.86. The lowest BCUT2D eigenvalue weighted by Crippen LogP contribution is -2.54. The summed E-state index contributed by atoms with van der Waals surface area (Å²) in [6.07, 6.45) is 1.74. The molecule has 0 aromatic heterocycles. The van der Waals surface area contributed by atoms with Crippen LogP contribution in [0.25, 0.3) is 0 Å².